The Morgan fingerprint density at radius 1 is 1.20 bits per heavy atom. The molecule has 4 heteroatoms. The SMILES string of the molecule is Cc1cccc(C(Oc2ccc(F)c(Br)c2)C(C)N)c1. The Hall–Kier alpha value is -1.39. The van der Waals surface area contributed by atoms with Crippen molar-refractivity contribution in [3.63, 3.8) is 0 Å². The van der Waals surface area contributed by atoms with Crippen LogP contribution in [0.2, 0.25) is 0 Å². The molecule has 0 aliphatic rings. The average molecular weight is 338 g/mol. The summed E-state index contributed by atoms with van der Waals surface area (Å²) in [6, 6.07) is 12.4. The fraction of sp³-hybridized carbons (Fsp3) is 0.250. The van der Waals surface area contributed by atoms with Crippen LogP contribution in [0.5, 0.6) is 5.75 Å². The first-order chi connectivity index (χ1) is 9.47. The minimum atomic E-state index is -0.315. The molecule has 0 aliphatic carbocycles. The van der Waals surface area contributed by atoms with Crippen LogP contribution in [-0.2, 0) is 0 Å². The van der Waals surface area contributed by atoms with E-state index in [0.29, 0.717) is 10.2 Å². The van der Waals surface area contributed by atoms with Gasteiger partial charge >= 0.3 is 0 Å². The van der Waals surface area contributed by atoms with Gasteiger partial charge in [-0.15, -0.1) is 0 Å². The summed E-state index contributed by atoms with van der Waals surface area (Å²) in [6.07, 6.45) is -0.271. The van der Waals surface area contributed by atoms with Crippen molar-refractivity contribution in [1.29, 1.82) is 0 Å². The monoisotopic (exact) mass is 337 g/mol. The molecule has 0 bridgehead atoms. The lowest BCUT2D eigenvalue weighted by atomic mass is 10.0. The Kier molecular flexibility index (Phi) is 4.78. The number of nitrogens with two attached hydrogens (primary N) is 1. The van der Waals surface area contributed by atoms with Crippen molar-refractivity contribution in [2.24, 2.45) is 5.73 Å². The van der Waals surface area contributed by atoms with Gasteiger partial charge in [0, 0.05) is 6.04 Å². The summed E-state index contributed by atoms with van der Waals surface area (Å²) in [7, 11) is 0. The zero-order valence-electron chi connectivity index (χ0n) is 11.4. The molecule has 106 valence electrons. The number of benzene rings is 2. The van der Waals surface area contributed by atoms with E-state index < -0.39 is 0 Å². The third-order valence-electron chi connectivity index (χ3n) is 3.00. The summed E-state index contributed by atoms with van der Waals surface area (Å²) in [4.78, 5) is 0. The molecule has 2 unspecified atom stereocenters. The molecule has 0 aliphatic heterocycles. The fourth-order valence-corrected chi connectivity index (χ4v) is 2.38. The Bertz CT molecular complexity index is 601. The van der Waals surface area contributed by atoms with Gasteiger partial charge in [0.2, 0.25) is 0 Å². The van der Waals surface area contributed by atoms with Gasteiger partial charge in [-0.3, -0.25) is 0 Å². The molecular weight excluding hydrogens is 321 g/mol. The molecule has 0 radical (unpaired) electrons. The number of halogens is 2. The van der Waals surface area contributed by atoms with Crippen molar-refractivity contribution in [2.45, 2.75) is 26.0 Å². The maximum Gasteiger partial charge on any atom is 0.138 e. The van der Waals surface area contributed by atoms with Crippen LogP contribution in [0.3, 0.4) is 0 Å². The van der Waals surface area contributed by atoms with E-state index in [-0.39, 0.29) is 18.0 Å². The fourth-order valence-electron chi connectivity index (χ4n) is 2.02. The molecule has 2 atom stereocenters. The Morgan fingerprint density at radius 3 is 2.55 bits per heavy atom. The summed E-state index contributed by atoms with van der Waals surface area (Å²) in [5, 5.41) is 0. The standard InChI is InChI=1S/C16H17BrFNO/c1-10-4-3-5-12(8-10)16(11(2)19)20-13-6-7-15(18)14(17)9-13/h3-9,11,16H,19H2,1-2H3. The molecule has 0 saturated heterocycles. The van der Waals surface area contributed by atoms with E-state index in [2.05, 4.69) is 15.9 Å². The molecule has 2 aromatic carbocycles. The van der Waals surface area contributed by atoms with E-state index in [0.717, 1.165) is 11.1 Å². The lowest BCUT2D eigenvalue weighted by Gasteiger charge is -2.23. The van der Waals surface area contributed by atoms with Crippen LogP contribution < -0.4 is 10.5 Å². The van der Waals surface area contributed by atoms with Gasteiger partial charge in [-0.25, -0.2) is 4.39 Å². The van der Waals surface area contributed by atoms with Crippen LogP contribution in [0.25, 0.3) is 0 Å². The van der Waals surface area contributed by atoms with Crippen molar-refractivity contribution >= 4 is 15.9 Å². The highest BCUT2D eigenvalue weighted by atomic mass is 79.9. The van der Waals surface area contributed by atoms with Gasteiger partial charge < -0.3 is 10.5 Å². The zero-order valence-corrected chi connectivity index (χ0v) is 13.0. The summed E-state index contributed by atoms with van der Waals surface area (Å²) in [5.41, 5.74) is 8.19. The third kappa shape index (κ3) is 3.58. The maximum atomic E-state index is 13.2. The summed E-state index contributed by atoms with van der Waals surface area (Å²) < 4.78 is 19.6. The van der Waals surface area contributed by atoms with Crippen LogP contribution >= 0.6 is 15.9 Å². The predicted octanol–water partition coefficient (Wildman–Crippen LogP) is 4.36. The maximum absolute atomic E-state index is 13.2. The van der Waals surface area contributed by atoms with Gasteiger partial charge in [-0.1, -0.05) is 29.8 Å². The molecule has 0 spiro atoms. The zero-order chi connectivity index (χ0) is 14.7. The Morgan fingerprint density at radius 2 is 1.95 bits per heavy atom. The van der Waals surface area contributed by atoms with Crippen LogP contribution in [-0.4, -0.2) is 6.04 Å². The van der Waals surface area contributed by atoms with Gasteiger partial charge in [-0.05, 0) is 53.5 Å². The van der Waals surface area contributed by atoms with E-state index in [1.807, 2.05) is 38.1 Å². The second-order valence-electron chi connectivity index (χ2n) is 4.89. The Labute approximate surface area is 126 Å². The number of hydrogen-bond donors (Lipinski definition) is 1. The smallest absolute Gasteiger partial charge is 0.138 e. The Balaban J connectivity index is 2.28. The van der Waals surface area contributed by atoms with E-state index in [1.54, 1.807) is 12.1 Å². The van der Waals surface area contributed by atoms with Crippen molar-refractivity contribution in [3.8, 4) is 5.75 Å². The molecule has 0 aromatic heterocycles. The number of rotatable bonds is 4. The van der Waals surface area contributed by atoms with Crippen LogP contribution in [0.15, 0.2) is 46.9 Å². The first-order valence-electron chi connectivity index (χ1n) is 6.41. The van der Waals surface area contributed by atoms with Crippen molar-refractivity contribution in [3.05, 3.63) is 63.9 Å². The van der Waals surface area contributed by atoms with Gasteiger partial charge in [0.15, 0.2) is 0 Å². The second-order valence-corrected chi connectivity index (χ2v) is 5.74. The van der Waals surface area contributed by atoms with E-state index in [9.17, 15) is 4.39 Å². The van der Waals surface area contributed by atoms with Gasteiger partial charge in [0.1, 0.15) is 17.7 Å². The van der Waals surface area contributed by atoms with E-state index >= 15 is 0 Å². The van der Waals surface area contributed by atoms with Crippen molar-refractivity contribution in [2.75, 3.05) is 0 Å². The molecule has 2 rings (SSSR count). The molecular formula is C16H17BrFNO. The first kappa shape index (κ1) is 15.0. The number of aryl methyl sites for hydroxylation is 1. The molecule has 2 aromatic rings. The summed E-state index contributed by atoms with van der Waals surface area (Å²) >= 11 is 3.15. The van der Waals surface area contributed by atoms with Gasteiger partial charge in [-0.2, -0.15) is 0 Å². The van der Waals surface area contributed by atoms with Crippen LogP contribution in [0.4, 0.5) is 4.39 Å². The van der Waals surface area contributed by atoms with Crippen LogP contribution in [0.1, 0.15) is 24.2 Å². The average Bonchev–Trinajstić information content (AvgIpc) is 2.39. The molecule has 2 N–H and O–H groups in total. The van der Waals surface area contributed by atoms with Crippen LogP contribution in [0, 0.1) is 12.7 Å². The largest absolute Gasteiger partial charge is 0.484 e. The molecule has 20 heavy (non-hydrogen) atoms. The number of hydrogen-bond acceptors (Lipinski definition) is 2. The summed E-state index contributed by atoms with van der Waals surface area (Å²) in [5.74, 6) is 0.271. The van der Waals surface area contributed by atoms with Gasteiger partial charge in [0.05, 0.1) is 4.47 Å². The second kappa shape index (κ2) is 6.37. The lowest BCUT2D eigenvalue weighted by Crippen LogP contribution is -2.29. The first-order valence-corrected chi connectivity index (χ1v) is 7.20. The molecule has 2 nitrogen and oxygen atoms in total. The lowest BCUT2D eigenvalue weighted by molar-refractivity contribution is 0.180. The molecule has 0 amide bonds. The third-order valence-corrected chi connectivity index (χ3v) is 3.61. The quantitative estimate of drug-likeness (QED) is 0.899. The highest BCUT2D eigenvalue weighted by molar-refractivity contribution is 9.10. The van der Waals surface area contributed by atoms with Crippen molar-refractivity contribution in [1.82, 2.24) is 0 Å². The molecule has 0 fully saturated rings. The van der Waals surface area contributed by atoms with E-state index in [1.165, 1.54) is 6.07 Å². The minimum Gasteiger partial charge on any atom is -0.484 e. The number of ether oxygens (including phenoxy) is 1. The minimum absolute atomic E-state index is 0.180. The van der Waals surface area contributed by atoms with Crippen molar-refractivity contribution < 1.29 is 9.13 Å². The highest BCUT2D eigenvalue weighted by Gasteiger charge is 2.18. The molecule has 0 heterocycles. The topological polar surface area (TPSA) is 35.2 Å². The highest BCUT2D eigenvalue weighted by Crippen LogP contribution is 2.28. The van der Waals surface area contributed by atoms with E-state index in [4.69, 9.17) is 10.5 Å². The normalized spacial score (nSPS) is 13.8. The molecule has 0 saturated carbocycles. The summed E-state index contributed by atoms with van der Waals surface area (Å²) in [6.45, 7) is 3.92. The predicted molar refractivity (Wildman–Crippen MR) is 82.3 cm³/mol. The van der Waals surface area contributed by atoms with Gasteiger partial charge in [0.25, 0.3) is 0 Å².